The van der Waals surface area contributed by atoms with Gasteiger partial charge in [-0.25, -0.2) is 0 Å². The fraction of sp³-hybridized carbons (Fsp3) is 0.222. The summed E-state index contributed by atoms with van der Waals surface area (Å²) in [4.78, 5) is 22.5. The molecular formula is C18H18ClNO3. The van der Waals surface area contributed by atoms with E-state index in [1.807, 2.05) is 42.5 Å². The largest absolute Gasteiger partial charge is 0.457 e. The molecule has 120 valence electrons. The van der Waals surface area contributed by atoms with Gasteiger partial charge in [-0.1, -0.05) is 29.8 Å². The number of halogens is 1. The van der Waals surface area contributed by atoms with Crippen molar-refractivity contribution in [2.24, 2.45) is 0 Å². The van der Waals surface area contributed by atoms with Gasteiger partial charge in [0.25, 0.3) is 0 Å². The number of carbonyl (C=O) groups is 2. The Hall–Kier alpha value is -2.33. The van der Waals surface area contributed by atoms with Crippen LogP contribution in [0.15, 0.2) is 48.5 Å². The molecule has 0 saturated carbocycles. The van der Waals surface area contributed by atoms with E-state index in [0.717, 1.165) is 16.9 Å². The van der Waals surface area contributed by atoms with Crippen LogP contribution in [0.25, 0.3) is 0 Å². The van der Waals surface area contributed by atoms with Gasteiger partial charge in [0.05, 0.1) is 0 Å². The van der Waals surface area contributed by atoms with Crippen LogP contribution in [0.3, 0.4) is 0 Å². The zero-order chi connectivity index (χ0) is 16.8. The molecule has 5 heteroatoms. The maximum Gasteiger partial charge on any atom is 0.313 e. The molecule has 2 aromatic carbocycles. The molecule has 0 fully saturated rings. The van der Waals surface area contributed by atoms with E-state index in [9.17, 15) is 9.59 Å². The van der Waals surface area contributed by atoms with Gasteiger partial charge in [-0.2, -0.15) is 0 Å². The van der Waals surface area contributed by atoms with Gasteiger partial charge in [-0.15, -0.1) is 0 Å². The fourth-order valence-corrected chi connectivity index (χ4v) is 2.30. The summed E-state index contributed by atoms with van der Waals surface area (Å²) in [6, 6.07) is 15.0. The highest BCUT2D eigenvalue weighted by Gasteiger charge is 2.13. The first-order chi connectivity index (χ1) is 10.9. The highest BCUT2D eigenvalue weighted by atomic mass is 35.5. The number of benzene rings is 2. The Labute approximate surface area is 140 Å². The van der Waals surface area contributed by atoms with Crippen LogP contribution in [0.2, 0.25) is 5.02 Å². The number of esters is 1. The number of nitrogens with one attached hydrogen (secondary N) is 1. The summed E-state index contributed by atoms with van der Waals surface area (Å²) in [5.74, 6) is -0.725. The Morgan fingerprint density at radius 3 is 2.43 bits per heavy atom. The third kappa shape index (κ3) is 5.42. The van der Waals surface area contributed by atoms with Crippen LogP contribution < -0.4 is 5.32 Å². The second-order valence-electron chi connectivity index (χ2n) is 5.27. The van der Waals surface area contributed by atoms with Crippen molar-refractivity contribution >= 4 is 34.7 Å². The Kier molecular flexibility index (Phi) is 5.77. The second kappa shape index (κ2) is 7.79. The number of ketones is 1. The van der Waals surface area contributed by atoms with E-state index in [0.29, 0.717) is 5.02 Å². The lowest BCUT2D eigenvalue weighted by Crippen LogP contribution is -2.12. The van der Waals surface area contributed by atoms with Gasteiger partial charge < -0.3 is 10.1 Å². The van der Waals surface area contributed by atoms with Crippen LogP contribution in [0.4, 0.5) is 11.4 Å². The van der Waals surface area contributed by atoms with Crippen molar-refractivity contribution in [1.82, 2.24) is 0 Å². The van der Waals surface area contributed by atoms with E-state index in [4.69, 9.17) is 16.3 Å². The van der Waals surface area contributed by atoms with Crippen LogP contribution in [0, 0.1) is 0 Å². The number of rotatable bonds is 6. The standard InChI is InChI=1S/C18H18ClNO3/c1-12(21)9-18(22)23-13(2)14-5-3-7-16(10-14)20-17-8-4-6-15(19)11-17/h3-8,10-11,13,20H,9H2,1-2H3. The summed E-state index contributed by atoms with van der Waals surface area (Å²) >= 11 is 5.97. The average molecular weight is 332 g/mol. The highest BCUT2D eigenvalue weighted by Crippen LogP contribution is 2.24. The van der Waals surface area contributed by atoms with Gasteiger partial charge in [0.1, 0.15) is 18.3 Å². The van der Waals surface area contributed by atoms with Crippen molar-refractivity contribution in [2.75, 3.05) is 5.32 Å². The molecule has 4 nitrogen and oxygen atoms in total. The van der Waals surface area contributed by atoms with Crippen LogP contribution in [0.5, 0.6) is 0 Å². The zero-order valence-corrected chi connectivity index (χ0v) is 13.8. The van der Waals surface area contributed by atoms with E-state index in [-0.39, 0.29) is 12.2 Å². The lowest BCUT2D eigenvalue weighted by molar-refractivity contribution is -0.150. The smallest absolute Gasteiger partial charge is 0.313 e. The molecule has 2 rings (SSSR count). The summed E-state index contributed by atoms with van der Waals surface area (Å²) in [5.41, 5.74) is 2.57. The van der Waals surface area contributed by atoms with Gasteiger partial charge in [-0.3, -0.25) is 9.59 Å². The topological polar surface area (TPSA) is 55.4 Å². The monoisotopic (exact) mass is 331 g/mol. The molecular weight excluding hydrogens is 314 g/mol. The van der Waals surface area contributed by atoms with Gasteiger partial charge in [0.2, 0.25) is 0 Å². The summed E-state index contributed by atoms with van der Waals surface area (Å²) in [6.45, 7) is 3.14. The Balaban J connectivity index is 2.07. The van der Waals surface area contributed by atoms with Gasteiger partial charge in [0, 0.05) is 16.4 Å². The second-order valence-corrected chi connectivity index (χ2v) is 5.71. The van der Waals surface area contributed by atoms with Gasteiger partial charge >= 0.3 is 5.97 Å². The maximum absolute atomic E-state index is 11.6. The molecule has 1 atom stereocenters. The first-order valence-corrected chi connectivity index (χ1v) is 7.63. The van der Waals surface area contributed by atoms with Crippen molar-refractivity contribution < 1.29 is 14.3 Å². The lowest BCUT2D eigenvalue weighted by Gasteiger charge is -2.15. The summed E-state index contributed by atoms with van der Waals surface area (Å²) in [7, 11) is 0. The van der Waals surface area contributed by atoms with Crippen LogP contribution in [0.1, 0.15) is 31.9 Å². The van der Waals surface area contributed by atoms with E-state index in [1.165, 1.54) is 6.92 Å². The predicted molar refractivity (Wildman–Crippen MR) is 91.0 cm³/mol. The molecule has 0 aliphatic carbocycles. The van der Waals surface area contributed by atoms with Gasteiger partial charge in [-0.05, 0) is 49.7 Å². The number of Topliss-reactive ketones (excluding diaryl/α,β-unsaturated/α-hetero) is 1. The SMILES string of the molecule is CC(=O)CC(=O)OC(C)c1cccc(Nc2cccc(Cl)c2)c1. The fourth-order valence-electron chi connectivity index (χ4n) is 2.11. The highest BCUT2D eigenvalue weighted by molar-refractivity contribution is 6.30. The first kappa shape index (κ1) is 17.0. The molecule has 0 amide bonds. The summed E-state index contributed by atoms with van der Waals surface area (Å²) in [6.07, 6.45) is -0.631. The minimum absolute atomic E-state index is 0.204. The minimum atomic E-state index is -0.516. The maximum atomic E-state index is 11.6. The van der Waals surface area contributed by atoms with E-state index in [1.54, 1.807) is 13.0 Å². The third-order valence-corrected chi connectivity index (χ3v) is 3.41. The van der Waals surface area contributed by atoms with Crippen molar-refractivity contribution in [3.05, 3.63) is 59.1 Å². The van der Waals surface area contributed by atoms with Crippen molar-refractivity contribution in [1.29, 1.82) is 0 Å². The van der Waals surface area contributed by atoms with Crippen molar-refractivity contribution in [2.45, 2.75) is 26.4 Å². The number of hydrogen-bond acceptors (Lipinski definition) is 4. The van der Waals surface area contributed by atoms with Crippen LogP contribution in [-0.4, -0.2) is 11.8 Å². The van der Waals surface area contributed by atoms with Crippen LogP contribution in [-0.2, 0) is 14.3 Å². The first-order valence-electron chi connectivity index (χ1n) is 7.25. The molecule has 1 N–H and O–H groups in total. The summed E-state index contributed by atoms with van der Waals surface area (Å²) < 4.78 is 5.26. The normalized spacial score (nSPS) is 11.6. The molecule has 0 saturated heterocycles. The third-order valence-electron chi connectivity index (χ3n) is 3.17. The predicted octanol–water partition coefficient (Wildman–Crippen LogP) is 4.67. The molecule has 2 aromatic rings. The van der Waals surface area contributed by atoms with Crippen molar-refractivity contribution in [3.63, 3.8) is 0 Å². The van der Waals surface area contributed by atoms with Crippen molar-refractivity contribution in [3.8, 4) is 0 Å². The van der Waals surface area contributed by atoms with Crippen LogP contribution >= 0.6 is 11.6 Å². The lowest BCUT2D eigenvalue weighted by atomic mass is 10.1. The number of hydrogen-bond donors (Lipinski definition) is 1. The molecule has 0 bridgehead atoms. The summed E-state index contributed by atoms with van der Waals surface area (Å²) in [5, 5.41) is 3.90. The number of anilines is 2. The molecule has 0 radical (unpaired) electrons. The molecule has 1 unspecified atom stereocenters. The Morgan fingerprint density at radius 2 is 1.78 bits per heavy atom. The Bertz CT molecular complexity index is 715. The van der Waals surface area contributed by atoms with E-state index in [2.05, 4.69) is 5.32 Å². The number of carbonyl (C=O) groups excluding carboxylic acids is 2. The van der Waals surface area contributed by atoms with Gasteiger partial charge in [0.15, 0.2) is 0 Å². The minimum Gasteiger partial charge on any atom is -0.457 e. The molecule has 0 aliphatic heterocycles. The molecule has 0 aromatic heterocycles. The molecule has 0 aliphatic rings. The average Bonchev–Trinajstić information content (AvgIpc) is 2.46. The Morgan fingerprint density at radius 1 is 1.13 bits per heavy atom. The molecule has 0 heterocycles. The van der Waals surface area contributed by atoms with E-state index < -0.39 is 12.1 Å². The quantitative estimate of drug-likeness (QED) is 0.617. The van der Waals surface area contributed by atoms with E-state index >= 15 is 0 Å². The molecule has 0 spiro atoms. The number of ether oxygens (including phenoxy) is 1. The molecule has 23 heavy (non-hydrogen) atoms. The zero-order valence-electron chi connectivity index (χ0n) is 13.0.